The van der Waals surface area contributed by atoms with Gasteiger partial charge in [-0.1, -0.05) is 12.7 Å². The van der Waals surface area contributed by atoms with E-state index in [0.717, 1.165) is 0 Å². The SMILES string of the molecule is C=CCC(O)(CCO)C(=C)C(=O)O. The second-order valence-electron chi connectivity index (χ2n) is 2.78. The minimum absolute atomic E-state index is 0.0514. The fourth-order valence-electron chi connectivity index (χ4n) is 0.999. The van der Waals surface area contributed by atoms with Gasteiger partial charge in [0.05, 0.1) is 5.57 Å². The highest BCUT2D eigenvalue weighted by molar-refractivity contribution is 5.88. The largest absolute Gasteiger partial charge is 0.478 e. The first-order valence-corrected chi connectivity index (χ1v) is 3.84. The number of carbonyl (C=O) groups is 1. The maximum atomic E-state index is 10.5. The molecule has 3 N–H and O–H groups in total. The van der Waals surface area contributed by atoms with Crippen LogP contribution in [0, 0.1) is 0 Å². The van der Waals surface area contributed by atoms with Gasteiger partial charge < -0.3 is 15.3 Å². The summed E-state index contributed by atoms with van der Waals surface area (Å²) in [6.07, 6.45) is 1.41. The van der Waals surface area contributed by atoms with Gasteiger partial charge in [-0.05, 0) is 6.42 Å². The molecule has 0 aliphatic carbocycles. The molecule has 13 heavy (non-hydrogen) atoms. The second-order valence-corrected chi connectivity index (χ2v) is 2.78. The van der Waals surface area contributed by atoms with Gasteiger partial charge in [0.25, 0.3) is 0 Å². The van der Waals surface area contributed by atoms with Gasteiger partial charge in [-0.15, -0.1) is 6.58 Å². The van der Waals surface area contributed by atoms with E-state index in [1.807, 2.05) is 0 Å². The maximum Gasteiger partial charge on any atom is 0.333 e. The van der Waals surface area contributed by atoms with Crippen molar-refractivity contribution in [3.63, 3.8) is 0 Å². The van der Waals surface area contributed by atoms with E-state index < -0.39 is 11.6 Å². The highest BCUT2D eigenvalue weighted by atomic mass is 16.4. The molecule has 0 bridgehead atoms. The lowest BCUT2D eigenvalue weighted by Crippen LogP contribution is -2.35. The van der Waals surface area contributed by atoms with Crippen molar-refractivity contribution in [1.82, 2.24) is 0 Å². The zero-order chi connectivity index (χ0) is 10.5. The van der Waals surface area contributed by atoms with Gasteiger partial charge in [-0.25, -0.2) is 4.79 Å². The van der Waals surface area contributed by atoms with Gasteiger partial charge in [0.2, 0.25) is 0 Å². The number of hydrogen-bond donors (Lipinski definition) is 3. The van der Waals surface area contributed by atoms with E-state index in [1.54, 1.807) is 0 Å². The fraction of sp³-hybridized carbons (Fsp3) is 0.444. The zero-order valence-electron chi connectivity index (χ0n) is 7.36. The molecular formula is C9H14O4. The molecular weight excluding hydrogens is 172 g/mol. The summed E-state index contributed by atoms with van der Waals surface area (Å²) in [5.74, 6) is -1.27. The summed E-state index contributed by atoms with van der Waals surface area (Å²) in [7, 11) is 0. The van der Waals surface area contributed by atoms with Crippen molar-refractivity contribution in [2.45, 2.75) is 18.4 Å². The predicted molar refractivity (Wildman–Crippen MR) is 48.2 cm³/mol. The number of rotatable bonds is 6. The molecule has 0 saturated carbocycles. The van der Waals surface area contributed by atoms with Crippen LogP contribution in [0.15, 0.2) is 24.8 Å². The van der Waals surface area contributed by atoms with Crippen molar-refractivity contribution in [2.75, 3.05) is 6.61 Å². The predicted octanol–water partition coefficient (Wildman–Crippen LogP) is 0.317. The second kappa shape index (κ2) is 4.79. The van der Waals surface area contributed by atoms with Crippen molar-refractivity contribution >= 4 is 5.97 Å². The number of aliphatic hydroxyl groups is 2. The summed E-state index contributed by atoms with van der Waals surface area (Å²) < 4.78 is 0. The number of hydrogen-bond acceptors (Lipinski definition) is 3. The van der Waals surface area contributed by atoms with Crippen molar-refractivity contribution in [2.24, 2.45) is 0 Å². The van der Waals surface area contributed by atoms with E-state index in [-0.39, 0.29) is 25.0 Å². The fourth-order valence-corrected chi connectivity index (χ4v) is 0.999. The Labute approximate surface area is 76.8 Å². The van der Waals surface area contributed by atoms with E-state index in [0.29, 0.717) is 0 Å². The highest BCUT2D eigenvalue weighted by Gasteiger charge is 2.32. The first-order chi connectivity index (χ1) is 5.98. The van der Waals surface area contributed by atoms with Gasteiger partial charge in [0.15, 0.2) is 0 Å². The molecule has 0 aliphatic heterocycles. The van der Waals surface area contributed by atoms with Crippen LogP contribution < -0.4 is 0 Å². The molecule has 4 heteroatoms. The lowest BCUT2D eigenvalue weighted by molar-refractivity contribution is -0.135. The Hall–Kier alpha value is -1.13. The third-order valence-corrected chi connectivity index (χ3v) is 1.83. The summed E-state index contributed by atoms with van der Waals surface area (Å²) in [6.45, 7) is 6.35. The van der Waals surface area contributed by atoms with Crippen LogP contribution in [-0.4, -0.2) is 33.5 Å². The first-order valence-electron chi connectivity index (χ1n) is 3.84. The highest BCUT2D eigenvalue weighted by Crippen LogP contribution is 2.24. The van der Waals surface area contributed by atoms with Gasteiger partial charge in [0.1, 0.15) is 5.60 Å². The molecule has 0 heterocycles. The van der Waals surface area contributed by atoms with Crippen molar-refractivity contribution < 1.29 is 20.1 Å². The van der Waals surface area contributed by atoms with Crippen LogP contribution in [0.5, 0.6) is 0 Å². The average molecular weight is 186 g/mol. The number of aliphatic hydroxyl groups excluding tert-OH is 1. The van der Waals surface area contributed by atoms with Crippen molar-refractivity contribution in [1.29, 1.82) is 0 Å². The molecule has 0 radical (unpaired) electrons. The van der Waals surface area contributed by atoms with Gasteiger partial charge in [0, 0.05) is 13.0 Å². The molecule has 1 atom stereocenters. The van der Waals surface area contributed by atoms with Crippen molar-refractivity contribution in [3.8, 4) is 0 Å². The summed E-state index contributed by atoms with van der Waals surface area (Å²) in [5.41, 5.74) is -1.90. The van der Waals surface area contributed by atoms with Crippen LogP contribution in [0.25, 0.3) is 0 Å². The van der Waals surface area contributed by atoms with Crippen LogP contribution in [0.2, 0.25) is 0 Å². The molecule has 0 aromatic carbocycles. The molecule has 74 valence electrons. The molecule has 1 unspecified atom stereocenters. The smallest absolute Gasteiger partial charge is 0.333 e. The first kappa shape index (κ1) is 11.9. The molecule has 0 amide bonds. The lowest BCUT2D eigenvalue weighted by Gasteiger charge is -2.25. The third kappa shape index (κ3) is 3.01. The van der Waals surface area contributed by atoms with E-state index in [4.69, 9.17) is 10.2 Å². The molecule has 0 rings (SSSR count). The van der Waals surface area contributed by atoms with Crippen molar-refractivity contribution in [3.05, 3.63) is 24.8 Å². The minimum atomic E-state index is -1.58. The average Bonchev–Trinajstić information content (AvgIpc) is 2.03. The Bertz CT molecular complexity index is 222. The topological polar surface area (TPSA) is 77.8 Å². The van der Waals surface area contributed by atoms with Crippen LogP contribution in [-0.2, 0) is 4.79 Å². The monoisotopic (exact) mass is 186 g/mol. The number of aliphatic carboxylic acids is 1. The number of carboxylic acid groups (broad SMARTS) is 1. The Morgan fingerprint density at radius 3 is 2.38 bits per heavy atom. The molecule has 4 nitrogen and oxygen atoms in total. The summed E-state index contributed by atoms with van der Waals surface area (Å²) >= 11 is 0. The molecule has 0 aromatic heterocycles. The third-order valence-electron chi connectivity index (χ3n) is 1.83. The quantitative estimate of drug-likeness (QED) is 0.412. The Morgan fingerprint density at radius 1 is 1.54 bits per heavy atom. The number of carboxylic acids is 1. The summed E-state index contributed by atoms with van der Waals surface area (Å²) in [6, 6.07) is 0. The van der Waals surface area contributed by atoms with Crippen LogP contribution in [0.3, 0.4) is 0 Å². The van der Waals surface area contributed by atoms with Gasteiger partial charge >= 0.3 is 5.97 Å². The van der Waals surface area contributed by atoms with E-state index in [2.05, 4.69) is 13.2 Å². The Balaban J connectivity index is 4.65. The molecule has 0 fully saturated rings. The molecule has 0 aliphatic rings. The summed E-state index contributed by atoms with van der Waals surface area (Å²) in [4.78, 5) is 10.5. The van der Waals surface area contributed by atoms with Crippen LogP contribution in [0.1, 0.15) is 12.8 Å². The minimum Gasteiger partial charge on any atom is -0.478 e. The summed E-state index contributed by atoms with van der Waals surface area (Å²) in [5, 5.41) is 27.0. The van der Waals surface area contributed by atoms with Crippen LogP contribution in [0.4, 0.5) is 0 Å². The normalized spacial score (nSPS) is 14.6. The van der Waals surface area contributed by atoms with Gasteiger partial charge in [-0.2, -0.15) is 0 Å². The zero-order valence-corrected chi connectivity index (χ0v) is 7.36. The van der Waals surface area contributed by atoms with E-state index >= 15 is 0 Å². The Morgan fingerprint density at radius 2 is 2.08 bits per heavy atom. The molecule has 0 spiro atoms. The van der Waals surface area contributed by atoms with E-state index in [9.17, 15) is 9.90 Å². The Kier molecular flexibility index (Phi) is 4.37. The van der Waals surface area contributed by atoms with Gasteiger partial charge in [-0.3, -0.25) is 0 Å². The maximum absolute atomic E-state index is 10.5. The van der Waals surface area contributed by atoms with Crippen LogP contribution >= 0.6 is 0 Å². The van der Waals surface area contributed by atoms with E-state index in [1.165, 1.54) is 6.08 Å². The standard InChI is InChI=1S/C9H14O4/c1-3-4-9(13,5-6-10)7(2)8(11)12/h3,10,13H,1-2,4-6H2,(H,11,12). The lowest BCUT2D eigenvalue weighted by atomic mass is 9.88. The molecule has 0 aromatic rings. The molecule has 0 saturated heterocycles.